The molecule has 0 spiro atoms. The van der Waals surface area contributed by atoms with Gasteiger partial charge in [-0.1, -0.05) is 39.0 Å². The number of nitrogens with one attached hydrogen (secondary N) is 3. The van der Waals surface area contributed by atoms with Gasteiger partial charge in [0, 0.05) is 35.7 Å². The first-order valence-electron chi connectivity index (χ1n) is 14.0. The molecule has 1 aromatic heterocycles. The molecule has 10 heteroatoms. The van der Waals surface area contributed by atoms with Crippen LogP contribution in [0.5, 0.6) is 5.75 Å². The minimum absolute atomic E-state index is 0.0782. The summed E-state index contributed by atoms with van der Waals surface area (Å²) in [5, 5.41) is 9.91. The maximum Gasteiger partial charge on any atom is 0.246 e. The molecule has 2 aromatic carbocycles. The SMILES string of the molecule is CN[C@@H](C)C(=O)N[C@H](C(=O)N1CCC[C@H]1C(=O)Cc1cc2c(Nc3ccccc3)ncnc2cc1OC)C(C)(C)C. The highest BCUT2D eigenvalue weighted by Gasteiger charge is 2.42. The van der Waals surface area contributed by atoms with Crippen LogP contribution in [0, 0.1) is 5.41 Å². The Morgan fingerprint density at radius 2 is 1.85 bits per heavy atom. The van der Waals surface area contributed by atoms with Crippen molar-refractivity contribution < 1.29 is 19.1 Å². The highest BCUT2D eigenvalue weighted by molar-refractivity contribution is 5.97. The summed E-state index contributed by atoms with van der Waals surface area (Å²) in [6, 6.07) is 11.6. The number of aromatic nitrogens is 2. The average molecular weight is 561 g/mol. The zero-order valence-electron chi connectivity index (χ0n) is 24.7. The van der Waals surface area contributed by atoms with Gasteiger partial charge in [0.05, 0.1) is 24.7 Å². The Morgan fingerprint density at radius 3 is 2.51 bits per heavy atom. The maximum absolute atomic E-state index is 13.8. The lowest BCUT2D eigenvalue weighted by molar-refractivity contribution is -0.143. The molecule has 0 bridgehead atoms. The van der Waals surface area contributed by atoms with Crippen LogP contribution in [-0.4, -0.2) is 71.3 Å². The second-order valence-corrected chi connectivity index (χ2v) is 11.5. The van der Waals surface area contributed by atoms with Gasteiger partial charge in [-0.2, -0.15) is 0 Å². The van der Waals surface area contributed by atoms with E-state index in [0.29, 0.717) is 42.0 Å². The summed E-state index contributed by atoms with van der Waals surface area (Å²) < 4.78 is 5.64. The molecule has 2 amide bonds. The Bertz CT molecular complexity index is 1400. The molecule has 1 aliphatic rings. The fourth-order valence-electron chi connectivity index (χ4n) is 5.10. The number of rotatable bonds is 10. The van der Waals surface area contributed by atoms with Crippen molar-refractivity contribution in [2.24, 2.45) is 5.41 Å². The summed E-state index contributed by atoms with van der Waals surface area (Å²) >= 11 is 0. The van der Waals surface area contributed by atoms with Crippen LogP contribution >= 0.6 is 0 Å². The first-order valence-corrected chi connectivity index (χ1v) is 14.0. The highest BCUT2D eigenvalue weighted by Crippen LogP contribution is 2.32. The zero-order valence-corrected chi connectivity index (χ0v) is 24.7. The minimum atomic E-state index is -0.766. The molecule has 3 atom stereocenters. The highest BCUT2D eigenvalue weighted by atomic mass is 16.5. The largest absolute Gasteiger partial charge is 0.496 e. The predicted octanol–water partition coefficient (Wildman–Crippen LogP) is 3.62. The van der Waals surface area contributed by atoms with E-state index in [2.05, 4.69) is 25.9 Å². The Labute approximate surface area is 241 Å². The molecule has 4 rings (SSSR count). The molecule has 0 aliphatic carbocycles. The van der Waals surface area contributed by atoms with Gasteiger partial charge in [-0.05, 0) is 50.4 Å². The molecule has 218 valence electrons. The first-order chi connectivity index (χ1) is 19.5. The molecule has 1 fully saturated rings. The number of nitrogens with zero attached hydrogens (tertiary/aromatic N) is 3. The molecule has 0 saturated carbocycles. The number of carbonyl (C=O) groups is 3. The van der Waals surface area contributed by atoms with Crippen LogP contribution in [0.3, 0.4) is 0 Å². The van der Waals surface area contributed by atoms with Crippen molar-refractivity contribution in [3.05, 3.63) is 54.4 Å². The molecule has 10 nitrogen and oxygen atoms in total. The number of ketones is 1. The van der Waals surface area contributed by atoms with Gasteiger partial charge in [0.1, 0.15) is 23.9 Å². The van der Waals surface area contributed by atoms with E-state index in [0.717, 1.165) is 11.1 Å². The van der Waals surface area contributed by atoms with Crippen LogP contribution < -0.4 is 20.7 Å². The number of methoxy groups -OCH3 is 1. The molecule has 3 N–H and O–H groups in total. The topological polar surface area (TPSA) is 126 Å². The van der Waals surface area contributed by atoms with Crippen LogP contribution in [0.4, 0.5) is 11.5 Å². The van der Waals surface area contributed by atoms with E-state index in [9.17, 15) is 14.4 Å². The van der Waals surface area contributed by atoms with Gasteiger partial charge in [-0.3, -0.25) is 14.4 Å². The molecule has 0 radical (unpaired) electrons. The Hall–Kier alpha value is -4.05. The van der Waals surface area contributed by atoms with Gasteiger partial charge in [0.25, 0.3) is 0 Å². The number of amides is 2. The fourth-order valence-corrected chi connectivity index (χ4v) is 5.10. The normalized spacial score (nSPS) is 16.7. The van der Waals surface area contributed by atoms with Gasteiger partial charge in [0.15, 0.2) is 5.78 Å². The van der Waals surface area contributed by atoms with E-state index in [1.807, 2.05) is 63.2 Å². The van der Waals surface area contributed by atoms with E-state index in [-0.39, 0.29) is 24.0 Å². The van der Waals surface area contributed by atoms with Crippen LogP contribution in [-0.2, 0) is 20.8 Å². The molecule has 1 saturated heterocycles. The van der Waals surface area contributed by atoms with Crippen LogP contribution in [0.15, 0.2) is 48.8 Å². The Morgan fingerprint density at radius 1 is 1.12 bits per heavy atom. The lowest BCUT2D eigenvalue weighted by Gasteiger charge is -2.36. The number of hydrogen-bond donors (Lipinski definition) is 3. The number of likely N-dealkylation sites (N-methyl/N-ethyl adjacent to an activating group) is 1. The number of ether oxygens (including phenoxy) is 1. The Kier molecular flexibility index (Phi) is 9.22. The van der Waals surface area contributed by atoms with E-state index in [1.54, 1.807) is 26.0 Å². The van der Waals surface area contributed by atoms with Crippen LogP contribution in [0.2, 0.25) is 0 Å². The van der Waals surface area contributed by atoms with E-state index >= 15 is 0 Å². The van der Waals surface area contributed by atoms with Gasteiger partial charge < -0.3 is 25.6 Å². The lowest BCUT2D eigenvalue weighted by Crippen LogP contribution is -2.58. The lowest BCUT2D eigenvalue weighted by atomic mass is 9.85. The zero-order chi connectivity index (χ0) is 29.7. The third-order valence-corrected chi connectivity index (χ3v) is 7.57. The summed E-state index contributed by atoms with van der Waals surface area (Å²) in [6.45, 7) is 7.94. The summed E-state index contributed by atoms with van der Waals surface area (Å²) in [6.07, 6.45) is 2.86. The van der Waals surface area contributed by atoms with Crippen molar-refractivity contribution in [1.29, 1.82) is 0 Å². The molecule has 41 heavy (non-hydrogen) atoms. The first kappa shape index (κ1) is 29.9. The number of benzene rings is 2. The van der Waals surface area contributed by atoms with Crippen molar-refractivity contribution in [2.45, 2.75) is 65.1 Å². The predicted molar refractivity (Wildman–Crippen MR) is 159 cm³/mol. The van der Waals surface area contributed by atoms with Crippen LogP contribution in [0.25, 0.3) is 10.9 Å². The van der Waals surface area contributed by atoms with Crippen molar-refractivity contribution in [2.75, 3.05) is 26.0 Å². The Balaban J connectivity index is 1.59. The summed E-state index contributed by atoms with van der Waals surface area (Å²) in [5.74, 6) is 0.594. The molecular weight excluding hydrogens is 520 g/mol. The number of fused-ring (bicyclic) bond motifs is 1. The molecule has 0 unspecified atom stereocenters. The number of carbonyl (C=O) groups excluding carboxylic acids is 3. The molecule has 2 heterocycles. The average Bonchev–Trinajstić information content (AvgIpc) is 3.45. The number of hydrogen-bond acceptors (Lipinski definition) is 8. The second-order valence-electron chi connectivity index (χ2n) is 11.5. The number of likely N-dealkylation sites (tertiary alicyclic amines) is 1. The van der Waals surface area contributed by atoms with Gasteiger partial charge in [0.2, 0.25) is 11.8 Å². The number of Topliss-reactive ketones (excluding diaryl/α,β-unsaturated/α-hetero) is 1. The van der Waals surface area contributed by atoms with E-state index in [1.165, 1.54) is 6.33 Å². The third kappa shape index (κ3) is 6.82. The number of para-hydroxylation sites is 1. The van der Waals surface area contributed by atoms with Crippen molar-refractivity contribution in [3.8, 4) is 5.75 Å². The minimum Gasteiger partial charge on any atom is -0.496 e. The summed E-state index contributed by atoms with van der Waals surface area (Å²) in [5.41, 5.74) is 1.72. The summed E-state index contributed by atoms with van der Waals surface area (Å²) in [4.78, 5) is 50.7. The van der Waals surface area contributed by atoms with Crippen molar-refractivity contribution in [1.82, 2.24) is 25.5 Å². The van der Waals surface area contributed by atoms with E-state index < -0.39 is 23.5 Å². The molecular formula is C31H40N6O4. The second kappa shape index (κ2) is 12.6. The molecule has 3 aromatic rings. The van der Waals surface area contributed by atoms with Crippen LogP contribution in [0.1, 0.15) is 46.1 Å². The van der Waals surface area contributed by atoms with Gasteiger partial charge in [-0.15, -0.1) is 0 Å². The summed E-state index contributed by atoms with van der Waals surface area (Å²) in [7, 11) is 3.26. The van der Waals surface area contributed by atoms with Crippen molar-refractivity contribution in [3.63, 3.8) is 0 Å². The van der Waals surface area contributed by atoms with E-state index in [4.69, 9.17) is 4.74 Å². The standard InChI is InChI=1S/C31H40N6O4/c1-19(32-5)29(39)36-27(31(2,3)4)30(40)37-14-10-13-24(37)25(38)16-20-15-22-23(17-26(20)41-6)33-18-34-28(22)35-21-11-8-7-9-12-21/h7-9,11-12,15,17-19,24,27,32H,10,13-14,16H2,1-6H3,(H,36,39)(H,33,34,35)/t19-,24-,27+/m0/s1. The molecule has 1 aliphatic heterocycles. The third-order valence-electron chi connectivity index (χ3n) is 7.57. The fraction of sp³-hybridized carbons (Fsp3) is 0.452. The van der Waals surface area contributed by atoms with Gasteiger partial charge >= 0.3 is 0 Å². The van der Waals surface area contributed by atoms with Gasteiger partial charge in [-0.25, -0.2) is 9.97 Å². The van der Waals surface area contributed by atoms with Crippen molar-refractivity contribution >= 4 is 40.0 Å². The number of anilines is 2. The maximum atomic E-state index is 13.8. The monoisotopic (exact) mass is 560 g/mol. The quantitative estimate of drug-likeness (QED) is 0.343. The smallest absolute Gasteiger partial charge is 0.246 e.